The largest absolute Gasteiger partial charge is 0.488 e. The molecular weight excluding hydrogens is 765 g/mol. The molecule has 0 spiro atoms. The molecule has 3 aromatic carbocycles. The van der Waals surface area contributed by atoms with Crippen LogP contribution in [0, 0.1) is 11.8 Å². The molecule has 60 heavy (non-hydrogen) atoms. The SMILES string of the molecule is COC(=O)N[C@H](C(=O)N1[C@@H](C)CC[C@H]1c1nc2ccc3cc4c(cc3c2[nH]1)OCc1cc(-c2cnc([C@@H]3CC[C@H](C)N3C(=O)[C@H](C(C)C)N(C)C(=O)O)[nH]2)ccc1-4)C(C)C. The minimum absolute atomic E-state index is 0.0290. The van der Waals surface area contributed by atoms with Crippen molar-refractivity contribution >= 4 is 45.8 Å². The van der Waals surface area contributed by atoms with E-state index in [4.69, 9.17) is 19.4 Å². The van der Waals surface area contributed by atoms with Crippen molar-refractivity contribution in [1.82, 2.24) is 40.0 Å². The number of carbonyl (C=O) groups excluding carboxylic acids is 3. The van der Waals surface area contributed by atoms with E-state index in [1.807, 2.05) is 57.4 Å². The van der Waals surface area contributed by atoms with Gasteiger partial charge in [0, 0.05) is 30.1 Å². The maximum atomic E-state index is 14.0. The molecule has 6 atom stereocenters. The fourth-order valence-corrected chi connectivity index (χ4v) is 9.57. The number of hydrogen-bond donors (Lipinski definition) is 4. The van der Waals surface area contributed by atoms with Crippen molar-refractivity contribution in [1.29, 1.82) is 0 Å². The van der Waals surface area contributed by atoms with Crippen LogP contribution in [0.1, 0.15) is 96.5 Å². The van der Waals surface area contributed by atoms with Crippen molar-refractivity contribution < 1.29 is 33.8 Å². The van der Waals surface area contributed by atoms with Gasteiger partial charge in [-0.3, -0.25) is 14.5 Å². The summed E-state index contributed by atoms with van der Waals surface area (Å²) in [7, 11) is 2.74. The summed E-state index contributed by atoms with van der Waals surface area (Å²) < 4.78 is 11.2. The quantitative estimate of drug-likeness (QED) is 0.115. The molecule has 4 amide bonds. The number of imidazole rings is 2. The van der Waals surface area contributed by atoms with Gasteiger partial charge in [-0.15, -0.1) is 0 Å². The van der Waals surface area contributed by atoms with E-state index in [-0.39, 0.29) is 47.8 Å². The van der Waals surface area contributed by atoms with Gasteiger partial charge in [-0.2, -0.15) is 0 Å². The first kappa shape index (κ1) is 40.7. The summed E-state index contributed by atoms with van der Waals surface area (Å²) in [6, 6.07) is 12.4. The van der Waals surface area contributed by atoms with E-state index in [0.717, 1.165) is 86.1 Å². The molecule has 2 saturated heterocycles. The van der Waals surface area contributed by atoms with Gasteiger partial charge >= 0.3 is 12.2 Å². The molecule has 15 nitrogen and oxygen atoms in total. The number of aromatic nitrogens is 4. The highest BCUT2D eigenvalue weighted by Gasteiger charge is 2.43. The molecule has 3 aliphatic heterocycles. The number of alkyl carbamates (subject to hydrolysis) is 1. The number of carbonyl (C=O) groups is 4. The summed E-state index contributed by atoms with van der Waals surface area (Å²) in [4.78, 5) is 73.5. The van der Waals surface area contributed by atoms with Gasteiger partial charge in [0.25, 0.3) is 0 Å². The Kier molecular flexibility index (Phi) is 10.7. The van der Waals surface area contributed by atoms with Crippen LogP contribution in [-0.4, -0.2) is 102 Å². The van der Waals surface area contributed by atoms with Crippen molar-refractivity contribution in [3.8, 4) is 28.1 Å². The molecule has 5 aromatic rings. The molecule has 2 fully saturated rings. The van der Waals surface area contributed by atoms with Gasteiger partial charge in [0.05, 0.1) is 42.1 Å². The summed E-state index contributed by atoms with van der Waals surface area (Å²) >= 11 is 0. The van der Waals surface area contributed by atoms with Crippen LogP contribution in [0.2, 0.25) is 0 Å². The third-order valence-corrected chi connectivity index (χ3v) is 12.7. The van der Waals surface area contributed by atoms with Crippen LogP contribution >= 0.6 is 0 Å². The third-order valence-electron chi connectivity index (χ3n) is 12.7. The van der Waals surface area contributed by atoms with Gasteiger partial charge in [-0.1, -0.05) is 45.9 Å². The number of methoxy groups -OCH3 is 1. The summed E-state index contributed by atoms with van der Waals surface area (Å²) in [5.74, 6) is 1.46. The highest BCUT2D eigenvalue weighted by atomic mass is 16.5. The van der Waals surface area contributed by atoms with Gasteiger partial charge < -0.3 is 39.7 Å². The first-order valence-corrected chi connectivity index (χ1v) is 20.9. The van der Waals surface area contributed by atoms with Gasteiger partial charge in [-0.05, 0) is 97.7 Å². The topological polar surface area (TPSA) is 186 Å². The number of benzene rings is 3. The zero-order valence-corrected chi connectivity index (χ0v) is 35.4. The van der Waals surface area contributed by atoms with E-state index in [9.17, 15) is 24.3 Å². The Morgan fingerprint density at radius 3 is 2.25 bits per heavy atom. The van der Waals surface area contributed by atoms with Crippen LogP contribution in [0.5, 0.6) is 5.75 Å². The first-order valence-electron chi connectivity index (χ1n) is 20.9. The third kappa shape index (κ3) is 7.06. The van der Waals surface area contributed by atoms with Crippen LogP contribution < -0.4 is 10.1 Å². The molecule has 4 N–H and O–H groups in total. The normalized spacial score (nSPS) is 20.9. The first-order chi connectivity index (χ1) is 28.7. The summed E-state index contributed by atoms with van der Waals surface area (Å²) in [5, 5.41) is 14.4. The minimum atomic E-state index is -1.13. The maximum absolute atomic E-state index is 14.0. The Hall–Kier alpha value is -6.12. The van der Waals surface area contributed by atoms with Crippen molar-refractivity contribution in [3.63, 3.8) is 0 Å². The summed E-state index contributed by atoms with van der Waals surface area (Å²) in [5.41, 5.74) is 6.52. The molecule has 0 aliphatic carbocycles. The second-order valence-corrected chi connectivity index (χ2v) is 17.3. The maximum Gasteiger partial charge on any atom is 0.407 e. The monoisotopic (exact) mass is 818 g/mol. The Morgan fingerprint density at radius 1 is 0.883 bits per heavy atom. The van der Waals surface area contributed by atoms with Gasteiger partial charge in [0.15, 0.2) is 0 Å². The molecule has 0 unspecified atom stereocenters. The van der Waals surface area contributed by atoms with E-state index in [1.165, 1.54) is 14.2 Å². The number of H-pyrrole nitrogens is 2. The zero-order valence-electron chi connectivity index (χ0n) is 35.4. The van der Waals surface area contributed by atoms with E-state index < -0.39 is 24.3 Å². The highest BCUT2D eigenvalue weighted by Crippen LogP contribution is 2.44. The Labute approximate surface area is 348 Å². The number of hydrogen-bond acceptors (Lipinski definition) is 8. The molecule has 0 saturated carbocycles. The number of fused-ring (bicyclic) bond motifs is 6. The lowest BCUT2D eigenvalue weighted by Crippen LogP contribution is -2.53. The average molecular weight is 819 g/mol. The molecule has 8 rings (SSSR count). The molecular formula is C45H54N8O7. The van der Waals surface area contributed by atoms with Crippen molar-refractivity contribution in [2.75, 3.05) is 14.2 Å². The van der Waals surface area contributed by atoms with Crippen molar-refractivity contribution in [3.05, 3.63) is 65.9 Å². The van der Waals surface area contributed by atoms with E-state index in [0.29, 0.717) is 18.3 Å². The minimum Gasteiger partial charge on any atom is -0.488 e. The Balaban J connectivity index is 1.05. The zero-order chi connectivity index (χ0) is 42.7. The predicted molar refractivity (Wildman–Crippen MR) is 226 cm³/mol. The molecule has 316 valence electrons. The van der Waals surface area contributed by atoms with Crippen LogP contribution in [0.25, 0.3) is 44.2 Å². The van der Waals surface area contributed by atoms with E-state index in [2.05, 4.69) is 51.7 Å². The Morgan fingerprint density at radius 2 is 1.58 bits per heavy atom. The fourth-order valence-electron chi connectivity index (χ4n) is 9.57. The lowest BCUT2D eigenvalue weighted by Gasteiger charge is -2.36. The lowest BCUT2D eigenvalue weighted by molar-refractivity contribution is -0.140. The summed E-state index contributed by atoms with van der Waals surface area (Å²) in [6.07, 6.45) is 3.10. The van der Waals surface area contributed by atoms with Crippen LogP contribution in [0.15, 0.2) is 48.7 Å². The second-order valence-electron chi connectivity index (χ2n) is 17.3. The number of likely N-dealkylation sites (tertiary alicyclic amines) is 2. The molecule has 0 radical (unpaired) electrons. The number of carboxylic acid groups (broad SMARTS) is 1. The number of nitrogens with zero attached hydrogens (tertiary/aromatic N) is 5. The average Bonchev–Trinajstić information content (AvgIpc) is 4.04. The molecule has 0 bridgehead atoms. The molecule has 2 aromatic heterocycles. The molecule has 5 heterocycles. The molecule has 15 heteroatoms. The second kappa shape index (κ2) is 15.8. The number of amides is 4. The molecule has 3 aliphatic rings. The van der Waals surface area contributed by atoms with Gasteiger partial charge in [0.1, 0.15) is 36.1 Å². The number of nitrogens with one attached hydrogen (secondary N) is 3. The predicted octanol–water partition coefficient (Wildman–Crippen LogP) is 7.78. The number of likely N-dealkylation sites (N-methyl/N-ethyl adjacent to an activating group) is 1. The lowest BCUT2D eigenvalue weighted by atomic mass is 9.92. The summed E-state index contributed by atoms with van der Waals surface area (Å²) in [6.45, 7) is 12.0. The smallest absolute Gasteiger partial charge is 0.407 e. The standard InChI is InChI=1S/C45H54N8O7/c1-22(2)37(50-44(56)59-8)42(54)52-24(5)10-16-35(52)41-47-32-14-12-26-18-31-29-13-11-27(17-28(29)21-60-36(31)19-30(26)38(32)49-41)33-20-46-40(48-33)34-15-9-25(6)53(34)43(55)39(23(3)4)51(7)45(57)58/h11-14,17-20,22-25,34-35,37,39H,9-10,15-16,21H2,1-8H3,(H,46,48)(H,47,49)(H,50,56)(H,57,58)/t24-,25-,34-,35-,37-,39-/m0/s1. The highest BCUT2D eigenvalue weighted by molar-refractivity contribution is 6.07. The van der Waals surface area contributed by atoms with Crippen LogP contribution in [0.3, 0.4) is 0 Å². The van der Waals surface area contributed by atoms with Crippen LogP contribution in [0.4, 0.5) is 9.59 Å². The van der Waals surface area contributed by atoms with Gasteiger partial charge in [-0.25, -0.2) is 19.6 Å². The van der Waals surface area contributed by atoms with Gasteiger partial charge in [0.2, 0.25) is 11.8 Å². The van der Waals surface area contributed by atoms with Crippen LogP contribution in [-0.2, 0) is 20.9 Å². The van der Waals surface area contributed by atoms with Crippen molar-refractivity contribution in [2.24, 2.45) is 11.8 Å². The van der Waals surface area contributed by atoms with Crippen molar-refractivity contribution in [2.45, 2.75) is 110 Å². The number of rotatable bonds is 9. The number of ether oxygens (including phenoxy) is 2. The number of aromatic amines is 2. The van der Waals surface area contributed by atoms with E-state index >= 15 is 0 Å². The Bertz CT molecular complexity index is 2490. The van der Waals surface area contributed by atoms with E-state index in [1.54, 1.807) is 6.20 Å². The fraction of sp³-hybridized carbons (Fsp3) is 0.467.